The standard InChI is InChI=1S/C17H15F3N6O/c1-10-22-13-6-21-5-4-12(13)16(23-10)25-7-11(8-25)9-26-15(27)3-2-14(24-26)17(18,19)20/h2-6,11H,7-9H2,1H3. The van der Waals surface area contributed by atoms with Crippen molar-refractivity contribution in [2.75, 3.05) is 18.0 Å². The molecule has 1 fully saturated rings. The Hall–Kier alpha value is -3.04. The maximum Gasteiger partial charge on any atom is 0.435 e. The van der Waals surface area contributed by atoms with E-state index in [1.54, 1.807) is 19.3 Å². The maximum atomic E-state index is 12.8. The molecule has 1 aliphatic heterocycles. The third-order valence-corrected chi connectivity index (χ3v) is 4.44. The number of pyridine rings is 1. The first-order chi connectivity index (χ1) is 12.8. The van der Waals surface area contributed by atoms with Gasteiger partial charge in [0.1, 0.15) is 11.6 Å². The Morgan fingerprint density at radius 3 is 2.70 bits per heavy atom. The molecular formula is C17H15F3N6O. The lowest BCUT2D eigenvalue weighted by molar-refractivity contribution is -0.142. The molecule has 0 amide bonds. The predicted molar refractivity (Wildman–Crippen MR) is 91.3 cm³/mol. The number of fused-ring (bicyclic) bond motifs is 1. The minimum atomic E-state index is -4.58. The Kier molecular flexibility index (Phi) is 4.05. The van der Waals surface area contributed by atoms with Crippen molar-refractivity contribution in [1.29, 1.82) is 0 Å². The van der Waals surface area contributed by atoms with E-state index in [1.807, 2.05) is 11.0 Å². The van der Waals surface area contributed by atoms with Gasteiger partial charge in [-0.25, -0.2) is 14.6 Å². The molecule has 1 saturated heterocycles. The van der Waals surface area contributed by atoms with Crippen LogP contribution in [0.4, 0.5) is 19.0 Å². The van der Waals surface area contributed by atoms with Gasteiger partial charge in [-0.1, -0.05) is 0 Å². The average Bonchev–Trinajstić information content (AvgIpc) is 2.57. The quantitative estimate of drug-likeness (QED) is 0.696. The van der Waals surface area contributed by atoms with Gasteiger partial charge in [0.05, 0.1) is 18.3 Å². The molecule has 0 atom stereocenters. The normalized spacial score (nSPS) is 15.2. The summed E-state index contributed by atoms with van der Waals surface area (Å²) in [7, 11) is 0. The Bertz CT molecular complexity index is 1060. The molecule has 27 heavy (non-hydrogen) atoms. The van der Waals surface area contributed by atoms with E-state index >= 15 is 0 Å². The molecular weight excluding hydrogens is 361 g/mol. The average molecular weight is 376 g/mol. The van der Waals surface area contributed by atoms with E-state index in [1.165, 1.54) is 0 Å². The van der Waals surface area contributed by atoms with Crippen LogP contribution in [0.1, 0.15) is 11.5 Å². The highest BCUT2D eigenvalue weighted by atomic mass is 19.4. The van der Waals surface area contributed by atoms with E-state index in [0.717, 1.165) is 27.5 Å². The van der Waals surface area contributed by atoms with E-state index in [2.05, 4.69) is 20.1 Å². The second-order valence-electron chi connectivity index (χ2n) is 6.49. The summed E-state index contributed by atoms with van der Waals surface area (Å²) in [5.74, 6) is 1.39. The number of rotatable bonds is 3. The number of hydrogen-bond donors (Lipinski definition) is 0. The van der Waals surface area contributed by atoms with E-state index in [4.69, 9.17) is 0 Å². The summed E-state index contributed by atoms with van der Waals surface area (Å²) in [6.07, 6.45) is -1.25. The SMILES string of the molecule is Cc1nc(N2CC(Cn3nc(C(F)(F)F)ccc3=O)C2)c2ccncc2n1. The molecule has 0 unspecified atom stereocenters. The number of halogens is 3. The molecule has 0 radical (unpaired) electrons. The summed E-state index contributed by atoms with van der Waals surface area (Å²) in [4.78, 5) is 26.7. The second-order valence-corrected chi connectivity index (χ2v) is 6.49. The van der Waals surface area contributed by atoms with Crippen LogP contribution in [0.5, 0.6) is 0 Å². The fourth-order valence-corrected chi connectivity index (χ4v) is 3.15. The fourth-order valence-electron chi connectivity index (χ4n) is 3.15. The zero-order valence-corrected chi connectivity index (χ0v) is 14.3. The van der Waals surface area contributed by atoms with E-state index < -0.39 is 17.4 Å². The number of aryl methyl sites for hydroxylation is 1. The summed E-state index contributed by atoms with van der Waals surface area (Å²) in [5.41, 5.74) is -0.877. The highest BCUT2D eigenvalue weighted by Gasteiger charge is 2.34. The van der Waals surface area contributed by atoms with Crippen molar-refractivity contribution >= 4 is 16.7 Å². The maximum absolute atomic E-state index is 12.8. The van der Waals surface area contributed by atoms with E-state index in [-0.39, 0.29) is 12.5 Å². The molecule has 0 aliphatic carbocycles. The van der Waals surface area contributed by atoms with Gasteiger partial charge in [0.25, 0.3) is 5.56 Å². The molecule has 4 heterocycles. The molecule has 0 N–H and O–H groups in total. The smallest absolute Gasteiger partial charge is 0.355 e. The van der Waals surface area contributed by atoms with Crippen molar-refractivity contribution in [1.82, 2.24) is 24.7 Å². The Balaban J connectivity index is 1.52. The van der Waals surface area contributed by atoms with Crippen molar-refractivity contribution in [2.45, 2.75) is 19.6 Å². The Morgan fingerprint density at radius 1 is 1.19 bits per heavy atom. The van der Waals surface area contributed by atoms with Gasteiger partial charge in [-0.2, -0.15) is 18.3 Å². The van der Waals surface area contributed by atoms with Gasteiger partial charge in [0, 0.05) is 36.7 Å². The predicted octanol–water partition coefficient (Wildman–Crippen LogP) is 2.05. The molecule has 0 spiro atoms. The van der Waals surface area contributed by atoms with Gasteiger partial charge in [-0.05, 0) is 19.1 Å². The lowest BCUT2D eigenvalue weighted by atomic mass is 9.99. The van der Waals surface area contributed by atoms with Crippen LogP contribution in [-0.2, 0) is 12.7 Å². The molecule has 4 rings (SSSR count). The van der Waals surface area contributed by atoms with Crippen LogP contribution < -0.4 is 10.5 Å². The third-order valence-electron chi connectivity index (χ3n) is 4.44. The van der Waals surface area contributed by atoms with Crippen LogP contribution in [0.2, 0.25) is 0 Å². The van der Waals surface area contributed by atoms with Crippen LogP contribution in [0, 0.1) is 12.8 Å². The molecule has 0 bridgehead atoms. The van der Waals surface area contributed by atoms with Crippen molar-refractivity contribution in [2.24, 2.45) is 5.92 Å². The number of hydrogen-bond acceptors (Lipinski definition) is 6. The summed E-state index contributed by atoms with van der Waals surface area (Å²) in [5, 5.41) is 4.32. The lowest BCUT2D eigenvalue weighted by Gasteiger charge is -2.40. The monoisotopic (exact) mass is 376 g/mol. The summed E-state index contributed by atoms with van der Waals surface area (Å²) in [6.45, 7) is 3.05. The molecule has 1 aliphatic rings. The van der Waals surface area contributed by atoms with Crippen LogP contribution >= 0.6 is 0 Å². The largest absolute Gasteiger partial charge is 0.435 e. The zero-order valence-electron chi connectivity index (χ0n) is 14.3. The molecule has 7 nitrogen and oxygen atoms in total. The minimum Gasteiger partial charge on any atom is -0.355 e. The van der Waals surface area contributed by atoms with Gasteiger partial charge in [-0.15, -0.1) is 0 Å². The highest BCUT2D eigenvalue weighted by Crippen LogP contribution is 2.30. The lowest BCUT2D eigenvalue weighted by Crippen LogP contribution is -2.50. The third kappa shape index (κ3) is 3.34. The van der Waals surface area contributed by atoms with Crippen LogP contribution in [-0.4, -0.2) is 37.8 Å². The topological polar surface area (TPSA) is 76.8 Å². The highest BCUT2D eigenvalue weighted by molar-refractivity contribution is 5.89. The van der Waals surface area contributed by atoms with Gasteiger partial charge in [-0.3, -0.25) is 9.78 Å². The molecule has 10 heteroatoms. The fraction of sp³-hybridized carbons (Fsp3) is 0.353. The molecule has 0 aromatic carbocycles. The second kappa shape index (κ2) is 6.29. The summed E-state index contributed by atoms with van der Waals surface area (Å²) in [6, 6.07) is 3.44. The number of nitrogens with zero attached hydrogens (tertiary/aromatic N) is 6. The molecule has 0 saturated carbocycles. The van der Waals surface area contributed by atoms with Crippen molar-refractivity contribution in [3.8, 4) is 0 Å². The summed E-state index contributed by atoms with van der Waals surface area (Å²) >= 11 is 0. The van der Waals surface area contributed by atoms with Crippen molar-refractivity contribution < 1.29 is 13.2 Å². The van der Waals surface area contributed by atoms with Crippen LogP contribution in [0.3, 0.4) is 0 Å². The number of alkyl halides is 3. The van der Waals surface area contributed by atoms with Crippen molar-refractivity contribution in [3.05, 3.63) is 52.5 Å². The van der Waals surface area contributed by atoms with Gasteiger partial charge < -0.3 is 4.90 Å². The van der Waals surface area contributed by atoms with Crippen LogP contribution in [0.15, 0.2) is 35.4 Å². The van der Waals surface area contributed by atoms with E-state index in [0.29, 0.717) is 25.0 Å². The Labute approximate surface area is 151 Å². The molecule has 3 aromatic rings. The van der Waals surface area contributed by atoms with Gasteiger partial charge >= 0.3 is 6.18 Å². The first kappa shape index (κ1) is 17.4. The first-order valence-corrected chi connectivity index (χ1v) is 8.30. The number of aromatic nitrogens is 5. The zero-order chi connectivity index (χ0) is 19.2. The summed E-state index contributed by atoms with van der Waals surface area (Å²) < 4.78 is 39.3. The van der Waals surface area contributed by atoms with E-state index in [9.17, 15) is 18.0 Å². The molecule has 3 aromatic heterocycles. The van der Waals surface area contributed by atoms with Gasteiger partial charge in [0.2, 0.25) is 0 Å². The Morgan fingerprint density at radius 2 is 1.96 bits per heavy atom. The van der Waals surface area contributed by atoms with Crippen LogP contribution in [0.25, 0.3) is 10.9 Å². The minimum absolute atomic E-state index is 0.00541. The number of anilines is 1. The molecule has 140 valence electrons. The first-order valence-electron chi connectivity index (χ1n) is 8.30. The van der Waals surface area contributed by atoms with Gasteiger partial charge in [0.15, 0.2) is 5.69 Å². The van der Waals surface area contributed by atoms with Crippen molar-refractivity contribution in [3.63, 3.8) is 0 Å².